The topological polar surface area (TPSA) is 57.2 Å². The number of hydrogen-bond donors (Lipinski definition) is 0. The fourth-order valence-electron chi connectivity index (χ4n) is 2.95. The highest BCUT2D eigenvalue weighted by atomic mass is 35.5. The van der Waals surface area contributed by atoms with E-state index in [2.05, 4.69) is 0 Å². The summed E-state index contributed by atoms with van der Waals surface area (Å²) >= 11 is 5.95. The van der Waals surface area contributed by atoms with E-state index in [4.69, 9.17) is 30.5 Å². The van der Waals surface area contributed by atoms with E-state index < -0.39 is 6.23 Å². The monoisotopic (exact) mass is 377 g/mol. The molecule has 1 fully saturated rings. The molecule has 6 nitrogen and oxygen atoms in total. The second kappa shape index (κ2) is 7.85. The Kier molecular flexibility index (Phi) is 5.54. The summed E-state index contributed by atoms with van der Waals surface area (Å²) in [5.41, 5.74) is 1.30. The summed E-state index contributed by atoms with van der Waals surface area (Å²) in [5, 5.41) is 0.634. The summed E-state index contributed by atoms with van der Waals surface area (Å²) in [6, 6.07) is 10.5. The molecule has 2 aromatic rings. The van der Waals surface area contributed by atoms with Gasteiger partial charge in [0.2, 0.25) is 5.75 Å². The molecule has 1 unspecified atom stereocenters. The number of halogens is 1. The molecule has 0 N–H and O–H groups in total. The van der Waals surface area contributed by atoms with Crippen LogP contribution in [0.1, 0.15) is 22.1 Å². The standard InChI is InChI=1S/C19H20ClNO5/c1-23-15-10-13(11-16(24-2)17(15)25-3)18(22)21-8-9-26-19(21)12-4-6-14(20)7-5-12/h4-7,10-11,19H,8-9H2,1-3H3. The van der Waals surface area contributed by atoms with Gasteiger partial charge in [-0.15, -0.1) is 0 Å². The Morgan fingerprint density at radius 1 is 1.08 bits per heavy atom. The van der Waals surface area contributed by atoms with Crippen molar-refractivity contribution >= 4 is 17.5 Å². The van der Waals surface area contributed by atoms with Crippen LogP contribution in [0.25, 0.3) is 0 Å². The minimum absolute atomic E-state index is 0.179. The van der Waals surface area contributed by atoms with Crippen molar-refractivity contribution in [3.63, 3.8) is 0 Å². The lowest BCUT2D eigenvalue weighted by Gasteiger charge is -2.24. The highest BCUT2D eigenvalue weighted by Crippen LogP contribution is 2.39. The summed E-state index contributed by atoms with van der Waals surface area (Å²) < 4.78 is 21.7. The Bertz CT molecular complexity index is 768. The number of hydrogen-bond acceptors (Lipinski definition) is 5. The van der Waals surface area contributed by atoms with Gasteiger partial charge in [0.1, 0.15) is 0 Å². The molecule has 138 valence electrons. The first-order valence-corrected chi connectivity index (χ1v) is 8.45. The highest BCUT2D eigenvalue weighted by molar-refractivity contribution is 6.30. The molecule has 1 aliphatic heterocycles. The third-order valence-electron chi connectivity index (χ3n) is 4.22. The van der Waals surface area contributed by atoms with E-state index in [1.165, 1.54) is 21.3 Å². The highest BCUT2D eigenvalue weighted by Gasteiger charge is 2.32. The van der Waals surface area contributed by atoms with Crippen molar-refractivity contribution in [3.05, 3.63) is 52.5 Å². The third-order valence-corrected chi connectivity index (χ3v) is 4.47. The SMILES string of the molecule is COc1cc(C(=O)N2CCOC2c2ccc(Cl)cc2)cc(OC)c1OC. The zero-order chi connectivity index (χ0) is 18.7. The molecule has 0 spiro atoms. The van der Waals surface area contributed by atoms with E-state index >= 15 is 0 Å². The Labute approximate surface area is 157 Å². The van der Waals surface area contributed by atoms with Gasteiger partial charge in [-0.25, -0.2) is 0 Å². The maximum Gasteiger partial charge on any atom is 0.256 e. The van der Waals surface area contributed by atoms with Gasteiger partial charge in [0.15, 0.2) is 17.7 Å². The van der Waals surface area contributed by atoms with Gasteiger partial charge in [-0.1, -0.05) is 23.7 Å². The lowest BCUT2D eigenvalue weighted by Crippen LogP contribution is -2.31. The molecule has 0 saturated carbocycles. The largest absolute Gasteiger partial charge is 0.493 e. The number of amides is 1. The molecule has 2 aromatic carbocycles. The molecule has 1 atom stereocenters. The van der Waals surface area contributed by atoms with Gasteiger partial charge in [-0.05, 0) is 24.3 Å². The molecule has 0 aromatic heterocycles. The first-order chi connectivity index (χ1) is 12.6. The van der Waals surface area contributed by atoms with Crippen LogP contribution in [0.15, 0.2) is 36.4 Å². The van der Waals surface area contributed by atoms with Gasteiger partial charge < -0.3 is 23.8 Å². The lowest BCUT2D eigenvalue weighted by molar-refractivity contribution is 0.0272. The minimum Gasteiger partial charge on any atom is -0.493 e. The van der Waals surface area contributed by atoms with Crippen LogP contribution in [0.4, 0.5) is 0 Å². The second-order valence-electron chi connectivity index (χ2n) is 5.69. The summed E-state index contributed by atoms with van der Waals surface area (Å²) in [5.74, 6) is 1.12. The fraction of sp³-hybridized carbons (Fsp3) is 0.316. The van der Waals surface area contributed by atoms with Gasteiger partial charge in [0, 0.05) is 22.7 Å². The molecule has 0 bridgehead atoms. The molecule has 1 heterocycles. The van der Waals surface area contributed by atoms with Crippen LogP contribution in [-0.2, 0) is 4.74 Å². The molecule has 26 heavy (non-hydrogen) atoms. The summed E-state index contributed by atoms with van der Waals surface area (Å²) in [6.45, 7) is 0.951. The number of ether oxygens (including phenoxy) is 4. The third kappa shape index (κ3) is 3.43. The predicted molar refractivity (Wildman–Crippen MR) is 97.3 cm³/mol. The molecular weight excluding hydrogens is 358 g/mol. The average molecular weight is 378 g/mol. The van der Waals surface area contributed by atoms with Crippen LogP contribution in [0.3, 0.4) is 0 Å². The molecule has 1 aliphatic rings. The zero-order valence-electron chi connectivity index (χ0n) is 14.8. The van der Waals surface area contributed by atoms with Crippen molar-refractivity contribution in [2.75, 3.05) is 34.5 Å². The van der Waals surface area contributed by atoms with Gasteiger partial charge in [0.05, 0.1) is 27.9 Å². The van der Waals surface area contributed by atoms with Crippen LogP contribution < -0.4 is 14.2 Å². The number of carbonyl (C=O) groups is 1. The van der Waals surface area contributed by atoms with Crippen molar-refractivity contribution in [1.29, 1.82) is 0 Å². The van der Waals surface area contributed by atoms with E-state index in [1.54, 1.807) is 29.2 Å². The van der Waals surface area contributed by atoms with Crippen molar-refractivity contribution in [2.45, 2.75) is 6.23 Å². The van der Waals surface area contributed by atoms with Crippen LogP contribution in [0.5, 0.6) is 17.2 Å². The van der Waals surface area contributed by atoms with Crippen LogP contribution in [0, 0.1) is 0 Å². The molecular formula is C19H20ClNO5. The van der Waals surface area contributed by atoms with E-state index in [0.29, 0.717) is 41.0 Å². The number of carbonyl (C=O) groups excluding carboxylic acids is 1. The Balaban J connectivity index is 1.94. The zero-order valence-corrected chi connectivity index (χ0v) is 15.6. The summed E-state index contributed by atoms with van der Waals surface area (Å²) in [4.78, 5) is 14.8. The molecule has 3 rings (SSSR count). The molecule has 1 amide bonds. The average Bonchev–Trinajstić information content (AvgIpc) is 3.16. The van der Waals surface area contributed by atoms with E-state index in [9.17, 15) is 4.79 Å². The quantitative estimate of drug-likeness (QED) is 0.797. The molecule has 0 radical (unpaired) electrons. The first-order valence-electron chi connectivity index (χ1n) is 8.07. The first kappa shape index (κ1) is 18.4. The molecule has 0 aliphatic carbocycles. The van der Waals surface area contributed by atoms with E-state index in [-0.39, 0.29) is 5.91 Å². The van der Waals surface area contributed by atoms with Gasteiger partial charge in [-0.3, -0.25) is 4.79 Å². The van der Waals surface area contributed by atoms with Crippen molar-refractivity contribution < 1.29 is 23.7 Å². The second-order valence-corrected chi connectivity index (χ2v) is 6.12. The fourth-order valence-corrected chi connectivity index (χ4v) is 3.08. The van der Waals surface area contributed by atoms with Gasteiger partial charge in [0.25, 0.3) is 5.91 Å². The Hall–Kier alpha value is -2.44. The van der Waals surface area contributed by atoms with Crippen molar-refractivity contribution in [1.82, 2.24) is 4.90 Å². The maximum atomic E-state index is 13.1. The molecule has 1 saturated heterocycles. The van der Waals surface area contributed by atoms with Gasteiger partial charge >= 0.3 is 0 Å². The van der Waals surface area contributed by atoms with E-state index in [1.807, 2.05) is 12.1 Å². The normalized spacial score (nSPS) is 16.5. The Morgan fingerprint density at radius 3 is 2.23 bits per heavy atom. The van der Waals surface area contributed by atoms with Crippen LogP contribution >= 0.6 is 11.6 Å². The maximum absolute atomic E-state index is 13.1. The van der Waals surface area contributed by atoms with Gasteiger partial charge in [-0.2, -0.15) is 0 Å². The predicted octanol–water partition coefficient (Wildman–Crippen LogP) is 3.54. The van der Waals surface area contributed by atoms with Crippen LogP contribution in [0.2, 0.25) is 5.02 Å². The summed E-state index contributed by atoms with van der Waals surface area (Å²) in [6.07, 6.45) is -0.459. The molecule has 7 heteroatoms. The lowest BCUT2D eigenvalue weighted by atomic mass is 10.1. The Morgan fingerprint density at radius 2 is 1.69 bits per heavy atom. The number of rotatable bonds is 5. The van der Waals surface area contributed by atoms with E-state index in [0.717, 1.165) is 5.56 Å². The van der Waals surface area contributed by atoms with Crippen molar-refractivity contribution in [3.8, 4) is 17.2 Å². The summed E-state index contributed by atoms with van der Waals surface area (Å²) in [7, 11) is 4.55. The minimum atomic E-state index is -0.459. The number of nitrogens with zero attached hydrogens (tertiary/aromatic N) is 1. The number of methoxy groups -OCH3 is 3. The number of benzene rings is 2. The smallest absolute Gasteiger partial charge is 0.256 e. The van der Waals surface area contributed by atoms with Crippen molar-refractivity contribution in [2.24, 2.45) is 0 Å². The van der Waals surface area contributed by atoms with Crippen LogP contribution in [-0.4, -0.2) is 45.3 Å².